The van der Waals surface area contributed by atoms with Crippen LogP contribution in [0, 0.1) is 6.92 Å². The number of halogens is 1. The summed E-state index contributed by atoms with van der Waals surface area (Å²) in [4.78, 5) is 11.9. The molecule has 18 heavy (non-hydrogen) atoms. The number of hydrogen-bond donors (Lipinski definition) is 1. The first-order valence-electron chi connectivity index (χ1n) is 5.98. The molecule has 0 spiro atoms. The molecule has 0 saturated heterocycles. The number of carbonyl (C=O) groups is 1. The van der Waals surface area contributed by atoms with Crippen LogP contribution >= 0.6 is 11.6 Å². The van der Waals surface area contributed by atoms with Gasteiger partial charge in [-0.1, -0.05) is 43.2 Å². The van der Waals surface area contributed by atoms with Gasteiger partial charge in [0, 0.05) is 0 Å². The maximum absolute atomic E-state index is 11.9. The van der Waals surface area contributed by atoms with E-state index in [-0.39, 0.29) is 0 Å². The highest BCUT2D eigenvalue weighted by Gasteiger charge is 2.45. The predicted octanol–water partition coefficient (Wildman–Crippen LogP) is 2.76. The molecule has 0 heterocycles. The van der Waals surface area contributed by atoms with Gasteiger partial charge in [0.15, 0.2) is 0 Å². The molecule has 0 aromatic heterocycles. The number of methoxy groups -OCH3 is 1. The fraction of sp³-hybridized carbons (Fsp3) is 0.500. The molecular formula is C14H19ClO3. The Labute approximate surface area is 113 Å². The van der Waals surface area contributed by atoms with Gasteiger partial charge < -0.3 is 9.84 Å². The van der Waals surface area contributed by atoms with Gasteiger partial charge in [0.2, 0.25) is 5.60 Å². The van der Waals surface area contributed by atoms with Gasteiger partial charge in [-0.25, -0.2) is 4.79 Å². The Kier molecular flexibility index (Phi) is 5.17. The van der Waals surface area contributed by atoms with Gasteiger partial charge in [-0.15, -0.1) is 11.6 Å². The molecule has 0 saturated carbocycles. The summed E-state index contributed by atoms with van der Waals surface area (Å²) >= 11 is 6.19. The highest BCUT2D eigenvalue weighted by atomic mass is 35.5. The third kappa shape index (κ3) is 2.85. The molecule has 1 N–H and O–H groups in total. The first kappa shape index (κ1) is 15.0. The summed E-state index contributed by atoms with van der Waals surface area (Å²) in [7, 11) is 1.25. The Morgan fingerprint density at radius 3 is 2.44 bits per heavy atom. The molecule has 0 aliphatic carbocycles. The smallest absolute Gasteiger partial charge is 0.344 e. The van der Waals surface area contributed by atoms with Crippen molar-refractivity contribution in [2.75, 3.05) is 7.11 Å². The van der Waals surface area contributed by atoms with Crippen molar-refractivity contribution < 1.29 is 14.6 Å². The van der Waals surface area contributed by atoms with E-state index in [4.69, 9.17) is 16.3 Å². The summed E-state index contributed by atoms with van der Waals surface area (Å²) in [6.07, 6.45) is 1.31. The molecule has 0 aliphatic heterocycles. The van der Waals surface area contributed by atoms with Crippen molar-refractivity contribution in [2.24, 2.45) is 0 Å². The number of hydrogen-bond acceptors (Lipinski definition) is 3. The summed E-state index contributed by atoms with van der Waals surface area (Å²) < 4.78 is 4.69. The van der Waals surface area contributed by atoms with E-state index in [2.05, 4.69) is 0 Å². The summed E-state index contributed by atoms with van der Waals surface area (Å²) in [5, 5.41) is 9.92. The molecule has 0 unspecified atom stereocenters. The largest absolute Gasteiger partial charge is 0.467 e. The average molecular weight is 271 g/mol. The SMILES string of the molecule is CCC[C@@H](Cl)[C@@](O)(C(=O)OC)c1ccc(C)cc1. The third-order valence-corrected chi connectivity index (χ3v) is 3.52. The molecule has 0 radical (unpaired) electrons. The van der Waals surface area contributed by atoms with Crippen LogP contribution in [0.2, 0.25) is 0 Å². The fourth-order valence-electron chi connectivity index (χ4n) is 1.85. The highest BCUT2D eigenvalue weighted by molar-refractivity contribution is 6.23. The van der Waals surface area contributed by atoms with Gasteiger partial charge in [0.1, 0.15) is 0 Å². The molecule has 0 aliphatic rings. The second kappa shape index (κ2) is 6.21. The molecule has 2 atom stereocenters. The van der Waals surface area contributed by atoms with Gasteiger partial charge >= 0.3 is 5.97 Å². The van der Waals surface area contributed by atoms with E-state index in [1.54, 1.807) is 12.1 Å². The van der Waals surface area contributed by atoms with E-state index < -0.39 is 16.9 Å². The maximum Gasteiger partial charge on any atom is 0.344 e. The van der Waals surface area contributed by atoms with Gasteiger partial charge in [-0.05, 0) is 18.9 Å². The topological polar surface area (TPSA) is 46.5 Å². The third-order valence-electron chi connectivity index (χ3n) is 2.98. The van der Waals surface area contributed by atoms with E-state index >= 15 is 0 Å². The summed E-state index contributed by atoms with van der Waals surface area (Å²) in [5.41, 5.74) is -0.277. The Morgan fingerprint density at radius 1 is 1.44 bits per heavy atom. The minimum Gasteiger partial charge on any atom is -0.467 e. The number of carbonyl (C=O) groups excluding carboxylic acids is 1. The number of esters is 1. The molecule has 1 aromatic carbocycles. The van der Waals surface area contributed by atoms with Gasteiger partial charge in [-0.3, -0.25) is 0 Å². The Hall–Kier alpha value is -1.06. The van der Waals surface area contributed by atoms with Crippen molar-refractivity contribution in [3.63, 3.8) is 0 Å². The van der Waals surface area contributed by atoms with Gasteiger partial charge in [0.25, 0.3) is 0 Å². The van der Waals surface area contributed by atoms with Crippen molar-refractivity contribution in [3.05, 3.63) is 35.4 Å². The lowest BCUT2D eigenvalue weighted by atomic mass is 9.87. The molecule has 100 valence electrons. The molecule has 1 rings (SSSR count). The minimum absolute atomic E-state index is 0.466. The fourth-order valence-corrected chi connectivity index (χ4v) is 2.29. The van der Waals surface area contributed by atoms with Gasteiger partial charge in [0.05, 0.1) is 12.5 Å². The van der Waals surface area contributed by atoms with Crippen LogP contribution in [0.15, 0.2) is 24.3 Å². The van der Waals surface area contributed by atoms with E-state index in [0.29, 0.717) is 12.0 Å². The van der Waals surface area contributed by atoms with Crippen LogP contribution < -0.4 is 0 Å². The zero-order chi connectivity index (χ0) is 13.8. The maximum atomic E-state index is 11.9. The van der Waals surface area contributed by atoms with Crippen molar-refractivity contribution in [1.29, 1.82) is 0 Å². The lowest BCUT2D eigenvalue weighted by Gasteiger charge is -2.30. The second-order valence-corrected chi connectivity index (χ2v) is 4.91. The van der Waals surface area contributed by atoms with Crippen LogP contribution in [0.3, 0.4) is 0 Å². The van der Waals surface area contributed by atoms with Crippen molar-refractivity contribution >= 4 is 17.6 Å². The van der Waals surface area contributed by atoms with Crippen LogP contribution in [-0.2, 0) is 15.1 Å². The Balaban J connectivity index is 3.19. The zero-order valence-electron chi connectivity index (χ0n) is 10.9. The number of aliphatic hydroxyl groups is 1. The number of rotatable bonds is 5. The predicted molar refractivity (Wildman–Crippen MR) is 71.6 cm³/mol. The van der Waals surface area contributed by atoms with Crippen LogP contribution in [0.5, 0.6) is 0 Å². The Bertz CT molecular complexity index is 402. The normalized spacial score (nSPS) is 15.8. The highest BCUT2D eigenvalue weighted by Crippen LogP contribution is 2.33. The van der Waals surface area contributed by atoms with Crippen LogP contribution in [0.25, 0.3) is 0 Å². The number of ether oxygens (including phenoxy) is 1. The molecule has 1 aromatic rings. The molecular weight excluding hydrogens is 252 g/mol. The average Bonchev–Trinajstić information content (AvgIpc) is 2.37. The number of alkyl halides is 1. The summed E-state index contributed by atoms with van der Waals surface area (Å²) in [5.74, 6) is -0.722. The molecule has 3 nitrogen and oxygen atoms in total. The quantitative estimate of drug-likeness (QED) is 0.661. The lowest BCUT2D eigenvalue weighted by molar-refractivity contribution is -0.164. The zero-order valence-corrected chi connectivity index (χ0v) is 11.7. The first-order chi connectivity index (χ1) is 8.46. The monoisotopic (exact) mass is 270 g/mol. The van der Waals surface area contributed by atoms with E-state index in [9.17, 15) is 9.90 Å². The van der Waals surface area contributed by atoms with Crippen molar-refractivity contribution in [2.45, 2.75) is 37.7 Å². The minimum atomic E-state index is -1.79. The second-order valence-electron chi connectivity index (χ2n) is 4.38. The molecule has 4 heteroatoms. The number of benzene rings is 1. The molecule has 0 amide bonds. The molecule has 0 bridgehead atoms. The lowest BCUT2D eigenvalue weighted by Crippen LogP contribution is -2.45. The van der Waals surface area contributed by atoms with Crippen molar-refractivity contribution in [3.8, 4) is 0 Å². The number of aryl methyl sites for hydroxylation is 1. The van der Waals surface area contributed by atoms with Crippen molar-refractivity contribution in [1.82, 2.24) is 0 Å². The van der Waals surface area contributed by atoms with Gasteiger partial charge in [-0.2, -0.15) is 0 Å². The van der Waals surface area contributed by atoms with E-state index in [1.165, 1.54) is 7.11 Å². The first-order valence-corrected chi connectivity index (χ1v) is 6.42. The standard InChI is InChI=1S/C14H19ClO3/c1-4-5-12(15)14(17,13(16)18-3)11-8-6-10(2)7-9-11/h6-9,12,17H,4-5H2,1-3H3/t12-,14-/m1/s1. The van der Waals surface area contributed by atoms with Crippen LogP contribution in [0.4, 0.5) is 0 Å². The van der Waals surface area contributed by atoms with E-state index in [0.717, 1.165) is 12.0 Å². The molecule has 0 fully saturated rings. The van der Waals surface area contributed by atoms with Crippen LogP contribution in [-0.4, -0.2) is 23.6 Å². The Morgan fingerprint density at radius 2 is 2.00 bits per heavy atom. The summed E-state index contributed by atoms with van der Waals surface area (Å²) in [6, 6.07) is 7.08. The van der Waals surface area contributed by atoms with Crippen LogP contribution in [0.1, 0.15) is 30.9 Å². The summed E-state index contributed by atoms with van der Waals surface area (Å²) in [6.45, 7) is 3.88. The van der Waals surface area contributed by atoms with E-state index in [1.807, 2.05) is 26.0 Å².